The smallest absolute Gasteiger partial charge is 0.227 e. The number of fused-ring (bicyclic) bond motifs is 1. The average molecular weight is 399 g/mol. The second kappa shape index (κ2) is 8.06. The van der Waals surface area contributed by atoms with Crippen molar-refractivity contribution in [2.75, 3.05) is 7.05 Å². The summed E-state index contributed by atoms with van der Waals surface area (Å²) in [5.74, 6) is 0.0751. The van der Waals surface area contributed by atoms with Crippen molar-refractivity contribution in [3.63, 3.8) is 0 Å². The van der Waals surface area contributed by atoms with Gasteiger partial charge in [0.15, 0.2) is 0 Å². The standard InChI is InChI=1S/C24H25N5O/c1-16-21-7-5-6-8-23(21)27-17(2)22(16)13-24(30)28(4)18(3)19-9-11-20(12-10-19)29-15-25-14-26-29/h5-12,14-15,18H,13H2,1-4H3/t18-/m1/s1. The number of pyridine rings is 1. The Morgan fingerprint density at radius 2 is 1.83 bits per heavy atom. The molecule has 30 heavy (non-hydrogen) atoms. The number of aryl methyl sites for hydroxylation is 2. The lowest BCUT2D eigenvalue weighted by atomic mass is 9.98. The Bertz CT molecular complexity index is 1180. The van der Waals surface area contributed by atoms with E-state index in [4.69, 9.17) is 4.98 Å². The Balaban J connectivity index is 1.53. The third-order valence-corrected chi connectivity index (χ3v) is 5.85. The normalized spacial score (nSPS) is 12.1. The van der Waals surface area contributed by atoms with Gasteiger partial charge in [-0.2, -0.15) is 5.10 Å². The maximum Gasteiger partial charge on any atom is 0.227 e. The molecule has 1 atom stereocenters. The second-order valence-electron chi connectivity index (χ2n) is 7.61. The lowest BCUT2D eigenvalue weighted by Gasteiger charge is -2.26. The van der Waals surface area contributed by atoms with Crippen LogP contribution in [0, 0.1) is 13.8 Å². The van der Waals surface area contributed by atoms with Gasteiger partial charge >= 0.3 is 0 Å². The van der Waals surface area contributed by atoms with Crippen LogP contribution in [0.3, 0.4) is 0 Å². The molecule has 0 spiro atoms. The largest absolute Gasteiger partial charge is 0.339 e. The highest BCUT2D eigenvalue weighted by Crippen LogP contribution is 2.25. The molecule has 6 nitrogen and oxygen atoms in total. The van der Waals surface area contributed by atoms with Crippen LogP contribution in [0.2, 0.25) is 0 Å². The Kier molecular flexibility index (Phi) is 5.31. The number of amides is 1. The van der Waals surface area contributed by atoms with E-state index in [9.17, 15) is 4.79 Å². The summed E-state index contributed by atoms with van der Waals surface area (Å²) in [5, 5.41) is 5.25. The van der Waals surface area contributed by atoms with Crippen molar-refractivity contribution >= 4 is 16.8 Å². The Hall–Kier alpha value is -3.54. The van der Waals surface area contributed by atoms with Crippen LogP contribution < -0.4 is 0 Å². The summed E-state index contributed by atoms with van der Waals surface area (Å²) in [7, 11) is 1.86. The third kappa shape index (κ3) is 3.68. The van der Waals surface area contributed by atoms with Gasteiger partial charge in [-0.3, -0.25) is 9.78 Å². The second-order valence-corrected chi connectivity index (χ2v) is 7.61. The highest BCUT2D eigenvalue weighted by molar-refractivity contribution is 5.86. The summed E-state index contributed by atoms with van der Waals surface area (Å²) in [6.45, 7) is 6.10. The van der Waals surface area contributed by atoms with Crippen molar-refractivity contribution in [1.82, 2.24) is 24.6 Å². The van der Waals surface area contributed by atoms with Gasteiger partial charge in [-0.15, -0.1) is 0 Å². The summed E-state index contributed by atoms with van der Waals surface area (Å²) in [6, 6.07) is 16.1. The highest BCUT2D eigenvalue weighted by atomic mass is 16.2. The molecule has 2 aromatic heterocycles. The van der Waals surface area contributed by atoms with Gasteiger partial charge in [-0.1, -0.05) is 30.3 Å². The molecule has 0 aliphatic carbocycles. The van der Waals surface area contributed by atoms with Crippen LogP contribution in [-0.2, 0) is 11.2 Å². The number of hydrogen-bond donors (Lipinski definition) is 0. The summed E-state index contributed by atoms with van der Waals surface area (Å²) in [6.07, 6.45) is 3.51. The number of para-hydroxylation sites is 1. The zero-order valence-corrected chi connectivity index (χ0v) is 17.7. The molecule has 0 aliphatic rings. The van der Waals surface area contributed by atoms with Crippen LogP contribution in [0.15, 0.2) is 61.2 Å². The van der Waals surface area contributed by atoms with Crippen LogP contribution in [0.5, 0.6) is 0 Å². The number of rotatable bonds is 5. The molecule has 1 amide bonds. The number of carbonyl (C=O) groups excluding carboxylic acids is 1. The molecule has 2 heterocycles. The minimum Gasteiger partial charge on any atom is -0.339 e. The van der Waals surface area contributed by atoms with Crippen molar-refractivity contribution in [2.45, 2.75) is 33.2 Å². The molecular weight excluding hydrogens is 374 g/mol. The van der Waals surface area contributed by atoms with E-state index in [1.807, 2.05) is 63.4 Å². The van der Waals surface area contributed by atoms with Crippen molar-refractivity contribution in [2.24, 2.45) is 0 Å². The van der Waals surface area contributed by atoms with Crippen molar-refractivity contribution in [3.8, 4) is 5.69 Å². The molecule has 0 fully saturated rings. The molecule has 0 N–H and O–H groups in total. The van der Waals surface area contributed by atoms with Crippen molar-refractivity contribution < 1.29 is 4.79 Å². The number of nitrogens with zero attached hydrogens (tertiary/aromatic N) is 5. The number of aromatic nitrogens is 4. The van der Waals surface area contributed by atoms with E-state index in [1.54, 1.807) is 15.9 Å². The molecule has 0 radical (unpaired) electrons. The first-order valence-electron chi connectivity index (χ1n) is 10.0. The Morgan fingerprint density at radius 1 is 1.10 bits per heavy atom. The SMILES string of the molecule is Cc1nc2ccccc2c(C)c1CC(=O)N(C)[C@H](C)c1ccc(-n2cncn2)cc1. The predicted molar refractivity (Wildman–Crippen MR) is 117 cm³/mol. The van der Waals surface area contributed by atoms with E-state index < -0.39 is 0 Å². The third-order valence-electron chi connectivity index (χ3n) is 5.85. The summed E-state index contributed by atoms with van der Waals surface area (Å²) in [4.78, 5) is 23.6. The van der Waals surface area contributed by atoms with Crippen molar-refractivity contribution in [1.29, 1.82) is 0 Å². The molecule has 4 rings (SSSR count). The topological polar surface area (TPSA) is 63.9 Å². The number of hydrogen-bond acceptors (Lipinski definition) is 4. The van der Waals surface area contributed by atoms with Crippen LogP contribution >= 0.6 is 0 Å². The van der Waals surface area contributed by atoms with E-state index in [2.05, 4.69) is 23.1 Å². The maximum atomic E-state index is 13.1. The minimum atomic E-state index is -0.0451. The minimum absolute atomic E-state index is 0.0451. The van der Waals surface area contributed by atoms with E-state index in [-0.39, 0.29) is 11.9 Å². The van der Waals surface area contributed by atoms with Gasteiger partial charge in [0.2, 0.25) is 5.91 Å². The van der Waals surface area contributed by atoms with E-state index >= 15 is 0 Å². The lowest BCUT2D eigenvalue weighted by molar-refractivity contribution is -0.131. The van der Waals surface area contributed by atoms with Crippen LogP contribution in [0.4, 0.5) is 0 Å². The van der Waals surface area contributed by atoms with Gasteiger partial charge in [-0.05, 0) is 55.7 Å². The number of carbonyl (C=O) groups is 1. The fourth-order valence-corrected chi connectivity index (χ4v) is 3.79. The van der Waals surface area contributed by atoms with Crippen LogP contribution in [-0.4, -0.2) is 37.6 Å². The quantitative estimate of drug-likeness (QED) is 0.505. The summed E-state index contributed by atoms with van der Waals surface area (Å²) in [5.41, 5.74) is 6.03. The molecular formula is C24H25N5O. The molecule has 6 heteroatoms. The van der Waals surface area contributed by atoms with Crippen LogP contribution in [0.25, 0.3) is 16.6 Å². The first kappa shape index (κ1) is 19.8. The van der Waals surface area contributed by atoms with Gasteiger partial charge in [-0.25, -0.2) is 9.67 Å². The van der Waals surface area contributed by atoms with E-state index in [0.717, 1.165) is 39.0 Å². The molecule has 4 aromatic rings. The Morgan fingerprint density at radius 3 is 2.53 bits per heavy atom. The van der Waals surface area contributed by atoms with Gasteiger partial charge in [0.25, 0.3) is 0 Å². The predicted octanol–water partition coefficient (Wildman–Crippen LogP) is 4.19. The molecule has 2 aromatic carbocycles. The van der Waals surface area contributed by atoms with Gasteiger partial charge in [0, 0.05) is 18.1 Å². The average Bonchev–Trinajstić information content (AvgIpc) is 3.30. The molecule has 0 bridgehead atoms. The first-order chi connectivity index (χ1) is 14.5. The molecule has 0 aliphatic heterocycles. The van der Waals surface area contributed by atoms with Gasteiger partial charge in [0.05, 0.1) is 23.7 Å². The summed E-state index contributed by atoms with van der Waals surface area (Å²) >= 11 is 0. The summed E-state index contributed by atoms with van der Waals surface area (Å²) < 4.78 is 1.71. The molecule has 0 unspecified atom stereocenters. The number of likely N-dealkylation sites (N-methyl/N-ethyl adjacent to an activating group) is 1. The molecule has 152 valence electrons. The van der Waals surface area contributed by atoms with Gasteiger partial charge in [0.1, 0.15) is 12.7 Å². The molecule has 0 saturated carbocycles. The van der Waals surface area contributed by atoms with Crippen molar-refractivity contribution in [3.05, 3.63) is 83.6 Å². The van der Waals surface area contributed by atoms with Crippen LogP contribution in [0.1, 0.15) is 35.3 Å². The van der Waals surface area contributed by atoms with E-state index in [0.29, 0.717) is 6.42 Å². The first-order valence-corrected chi connectivity index (χ1v) is 10.0. The Labute approximate surface area is 176 Å². The molecule has 0 saturated heterocycles. The fourth-order valence-electron chi connectivity index (χ4n) is 3.79. The van der Waals surface area contributed by atoms with E-state index in [1.165, 1.54) is 6.33 Å². The zero-order valence-electron chi connectivity index (χ0n) is 17.7. The maximum absolute atomic E-state index is 13.1. The zero-order chi connectivity index (χ0) is 21.3. The van der Waals surface area contributed by atoms with Gasteiger partial charge < -0.3 is 4.90 Å². The highest BCUT2D eigenvalue weighted by Gasteiger charge is 2.20. The number of benzene rings is 2. The monoisotopic (exact) mass is 399 g/mol. The fraction of sp³-hybridized carbons (Fsp3) is 0.250. The lowest BCUT2D eigenvalue weighted by Crippen LogP contribution is -2.31.